The first-order valence-electron chi connectivity index (χ1n) is 7.15. The number of benzene rings is 3. The molecule has 0 aliphatic carbocycles. The number of halogens is 9. The fourth-order valence-electron chi connectivity index (χ4n) is 2.62. The summed E-state index contributed by atoms with van der Waals surface area (Å²) in [4.78, 5) is 0.315. The smallest absolute Gasteiger partial charge is 0.402 e. The minimum atomic E-state index is -5.66. The molecule has 0 bridgehead atoms. The Kier molecular flexibility index (Phi) is 4.90. The molecule has 3 aromatic carbocycles. The van der Waals surface area contributed by atoms with Crippen molar-refractivity contribution in [1.29, 1.82) is 0 Å². The monoisotopic (exact) mass is 428 g/mol. The van der Waals surface area contributed by atoms with Gasteiger partial charge in [0.25, 0.3) is 0 Å². The maximum Gasteiger partial charge on any atom is 0.573 e. The van der Waals surface area contributed by atoms with Crippen molar-refractivity contribution in [2.75, 3.05) is 0 Å². The van der Waals surface area contributed by atoms with Crippen molar-refractivity contribution in [2.45, 2.75) is 11.3 Å². The Hall–Kier alpha value is -2.56. The van der Waals surface area contributed by atoms with Crippen LogP contribution >= 0.6 is 12.6 Å². The lowest BCUT2D eigenvalue weighted by molar-refractivity contribution is -0.275. The average molecular weight is 428 g/mol. The van der Waals surface area contributed by atoms with Crippen LogP contribution in [0.15, 0.2) is 29.2 Å². The molecule has 0 radical (unpaired) electrons. The van der Waals surface area contributed by atoms with Crippen molar-refractivity contribution >= 4 is 23.4 Å². The second kappa shape index (κ2) is 6.80. The van der Waals surface area contributed by atoms with E-state index in [1.165, 1.54) is 12.1 Å². The third kappa shape index (κ3) is 3.23. The van der Waals surface area contributed by atoms with E-state index in [0.29, 0.717) is 4.90 Å². The Labute approximate surface area is 155 Å². The van der Waals surface area contributed by atoms with Crippen LogP contribution in [0.3, 0.4) is 0 Å². The molecule has 3 aromatic rings. The van der Waals surface area contributed by atoms with Crippen LogP contribution < -0.4 is 4.74 Å². The largest absolute Gasteiger partial charge is 0.573 e. The highest BCUT2D eigenvalue weighted by molar-refractivity contribution is 7.80. The van der Waals surface area contributed by atoms with Gasteiger partial charge in [0.1, 0.15) is 0 Å². The molecule has 11 heteroatoms. The molecule has 0 aliphatic rings. The summed E-state index contributed by atoms with van der Waals surface area (Å²) in [6.45, 7) is 0. The van der Waals surface area contributed by atoms with E-state index in [1.807, 2.05) is 0 Å². The molecular weight excluding hydrogens is 423 g/mol. The molecule has 0 saturated carbocycles. The summed E-state index contributed by atoms with van der Waals surface area (Å²) >= 11 is 3.94. The molecule has 0 amide bonds. The van der Waals surface area contributed by atoms with Gasteiger partial charge in [-0.3, -0.25) is 0 Å². The number of hydrogen-bond acceptors (Lipinski definition) is 2. The topological polar surface area (TPSA) is 9.23 Å². The van der Waals surface area contributed by atoms with Gasteiger partial charge < -0.3 is 4.74 Å². The highest BCUT2D eigenvalue weighted by Gasteiger charge is 2.38. The minimum Gasteiger partial charge on any atom is -0.402 e. The van der Waals surface area contributed by atoms with Gasteiger partial charge in [-0.25, -0.2) is 22.0 Å². The Morgan fingerprint density at radius 3 is 1.64 bits per heavy atom. The summed E-state index contributed by atoms with van der Waals surface area (Å²) in [5, 5.41) is -3.20. The summed E-state index contributed by atoms with van der Waals surface area (Å²) in [7, 11) is 0. The van der Waals surface area contributed by atoms with Crippen LogP contribution in [-0.4, -0.2) is 6.36 Å². The summed E-state index contributed by atoms with van der Waals surface area (Å²) in [5.74, 6) is -16.1. The van der Waals surface area contributed by atoms with Crippen LogP contribution in [0.5, 0.6) is 5.75 Å². The molecule has 1 nitrogen and oxygen atoms in total. The summed E-state index contributed by atoms with van der Waals surface area (Å²) in [6.07, 6.45) is -5.66. The lowest BCUT2D eigenvalue weighted by Crippen LogP contribution is -2.19. The first-order chi connectivity index (χ1) is 12.9. The van der Waals surface area contributed by atoms with Crippen molar-refractivity contribution in [2.24, 2.45) is 0 Å². The van der Waals surface area contributed by atoms with E-state index in [-0.39, 0.29) is 5.56 Å². The maximum atomic E-state index is 14.6. The van der Waals surface area contributed by atoms with Crippen molar-refractivity contribution in [1.82, 2.24) is 0 Å². The van der Waals surface area contributed by atoms with E-state index < -0.39 is 63.4 Å². The van der Waals surface area contributed by atoms with E-state index in [4.69, 9.17) is 0 Å². The van der Waals surface area contributed by atoms with Gasteiger partial charge in [-0.2, -0.15) is 4.39 Å². The highest BCUT2D eigenvalue weighted by Crippen LogP contribution is 2.45. The van der Waals surface area contributed by atoms with Crippen molar-refractivity contribution in [3.05, 3.63) is 59.2 Å². The van der Waals surface area contributed by atoms with Crippen molar-refractivity contribution in [3.63, 3.8) is 0 Å². The van der Waals surface area contributed by atoms with E-state index in [9.17, 15) is 39.5 Å². The molecule has 0 aliphatic heterocycles. The zero-order valence-corrected chi connectivity index (χ0v) is 14.0. The van der Waals surface area contributed by atoms with Gasteiger partial charge in [0.15, 0.2) is 34.8 Å². The van der Waals surface area contributed by atoms with Crippen molar-refractivity contribution in [3.8, 4) is 16.9 Å². The summed E-state index contributed by atoms with van der Waals surface area (Å²) in [6, 6.07) is 4.52. The average Bonchev–Trinajstić information content (AvgIpc) is 2.62. The fraction of sp³-hybridized carbons (Fsp3) is 0.0588. The lowest BCUT2D eigenvalue weighted by Gasteiger charge is -2.18. The molecule has 0 aromatic heterocycles. The second-order valence-corrected chi connectivity index (χ2v) is 5.95. The van der Waals surface area contributed by atoms with Gasteiger partial charge >= 0.3 is 6.36 Å². The first kappa shape index (κ1) is 20.2. The van der Waals surface area contributed by atoms with Gasteiger partial charge in [0.05, 0.1) is 5.39 Å². The maximum absolute atomic E-state index is 14.6. The van der Waals surface area contributed by atoms with Gasteiger partial charge in [-0.1, -0.05) is 12.1 Å². The predicted octanol–water partition coefficient (Wildman–Crippen LogP) is 6.53. The van der Waals surface area contributed by atoms with Crippen LogP contribution in [0.1, 0.15) is 0 Å². The Morgan fingerprint density at radius 2 is 1.14 bits per heavy atom. The fourth-order valence-corrected chi connectivity index (χ4v) is 2.77. The molecule has 0 N–H and O–H groups in total. The van der Waals surface area contributed by atoms with E-state index >= 15 is 0 Å². The highest BCUT2D eigenvalue weighted by atomic mass is 32.1. The number of rotatable bonds is 2. The molecule has 0 spiro atoms. The Bertz CT molecular complexity index is 1090. The predicted molar refractivity (Wildman–Crippen MR) is 83.1 cm³/mol. The third-order valence-corrected chi connectivity index (χ3v) is 4.03. The number of fused-ring (bicyclic) bond motifs is 1. The standard InChI is InChI=1S/C17H5F9OS/c18-10-7(5-1-3-6(28)4-2-5)8-9(12(20)14(22)13(21)11(8)19)16(15(10)23)27-17(24,25)26/h1-4,28H. The van der Waals surface area contributed by atoms with Crippen LogP contribution in [0, 0.1) is 34.9 Å². The molecule has 0 fully saturated rings. The van der Waals surface area contributed by atoms with E-state index in [2.05, 4.69) is 17.4 Å². The minimum absolute atomic E-state index is 0.315. The Morgan fingerprint density at radius 1 is 0.643 bits per heavy atom. The number of hydrogen-bond donors (Lipinski definition) is 1. The first-order valence-corrected chi connectivity index (χ1v) is 7.60. The van der Waals surface area contributed by atoms with Gasteiger partial charge in [-0.05, 0) is 17.7 Å². The third-order valence-electron chi connectivity index (χ3n) is 3.73. The summed E-state index contributed by atoms with van der Waals surface area (Å²) < 4.78 is 126. The lowest BCUT2D eigenvalue weighted by atomic mass is 9.95. The van der Waals surface area contributed by atoms with Crippen LogP contribution in [0.25, 0.3) is 21.9 Å². The number of alkyl halides is 3. The van der Waals surface area contributed by atoms with Crippen LogP contribution in [0.2, 0.25) is 0 Å². The number of ether oxygens (including phenoxy) is 1. The van der Waals surface area contributed by atoms with Gasteiger partial charge in [-0.15, -0.1) is 25.8 Å². The zero-order valence-electron chi connectivity index (χ0n) is 13.1. The molecule has 28 heavy (non-hydrogen) atoms. The van der Waals surface area contributed by atoms with Gasteiger partial charge in [0, 0.05) is 15.8 Å². The normalized spacial score (nSPS) is 11.9. The molecule has 0 unspecified atom stereocenters. The van der Waals surface area contributed by atoms with Crippen LogP contribution in [0.4, 0.5) is 39.5 Å². The van der Waals surface area contributed by atoms with Crippen molar-refractivity contribution < 1.29 is 44.3 Å². The molecule has 0 atom stereocenters. The molecule has 3 rings (SSSR count). The molecule has 0 saturated heterocycles. The summed E-state index contributed by atoms with van der Waals surface area (Å²) in [5.41, 5.74) is -1.48. The SMILES string of the molecule is Fc1c(F)c(F)c2c(-c3ccc(S)cc3)c(F)c(F)c(OC(F)(F)F)c2c1F. The number of thiol groups is 1. The zero-order chi connectivity index (χ0) is 21.0. The molecule has 148 valence electrons. The quantitative estimate of drug-likeness (QED) is 0.211. The van der Waals surface area contributed by atoms with E-state index in [0.717, 1.165) is 12.1 Å². The van der Waals surface area contributed by atoms with E-state index in [1.54, 1.807) is 0 Å². The second-order valence-electron chi connectivity index (χ2n) is 5.43. The molecular formula is C17H5F9OS. The Balaban J connectivity index is 2.57. The van der Waals surface area contributed by atoms with Crippen LogP contribution in [-0.2, 0) is 0 Å². The molecule has 0 heterocycles. The van der Waals surface area contributed by atoms with Gasteiger partial charge in [0.2, 0.25) is 5.82 Å².